The molecular weight excluding hydrogens is 224 g/mol. The number of benzene rings is 1. The van der Waals surface area contributed by atoms with Gasteiger partial charge in [0.15, 0.2) is 5.96 Å². The Morgan fingerprint density at radius 1 is 1.17 bits per heavy atom. The average molecular weight is 244 g/mol. The third-order valence-corrected chi connectivity index (χ3v) is 4.17. The Balaban J connectivity index is 1.92. The molecule has 18 heavy (non-hydrogen) atoms. The third kappa shape index (κ3) is 1.77. The largest absolute Gasteiger partial charge is 0.369 e. The molecule has 0 aliphatic carbocycles. The van der Waals surface area contributed by atoms with Gasteiger partial charge in [0.25, 0.3) is 0 Å². The maximum absolute atomic E-state index is 6.11. The van der Waals surface area contributed by atoms with Crippen LogP contribution >= 0.6 is 0 Å². The van der Waals surface area contributed by atoms with E-state index in [1.807, 2.05) is 6.07 Å². The van der Waals surface area contributed by atoms with Crippen molar-refractivity contribution in [2.45, 2.75) is 18.4 Å². The van der Waals surface area contributed by atoms with Crippen molar-refractivity contribution in [2.75, 3.05) is 31.6 Å². The molecule has 1 fully saturated rings. The summed E-state index contributed by atoms with van der Waals surface area (Å²) in [5.41, 5.74) is 7.39. The van der Waals surface area contributed by atoms with Gasteiger partial charge in [-0.2, -0.15) is 0 Å². The van der Waals surface area contributed by atoms with E-state index in [2.05, 4.69) is 46.1 Å². The van der Waals surface area contributed by atoms with Crippen LogP contribution in [0.1, 0.15) is 12.8 Å². The van der Waals surface area contributed by atoms with Crippen LogP contribution in [0.2, 0.25) is 0 Å². The number of nitrogens with two attached hydrogens (primary N) is 1. The topological polar surface area (TPSA) is 44.9 Å². The summed E-state index contributed by atoms with van der Waals surface area (Å²) >= 11 is 0. The lowest BCUT2D eigenvalue weighted by Crippen LogP contribution is -2.57. The maximum atomic E-state index is 6.11. The van der Waals surface area contributed by atoms with E-state index < -0.39 is 0 Å². The highest BCUT2D eigenvalue weighted by Gasteiger charge is 2.44. The summed E-state index contributed by atoms with van der Waals surface area (Å²) < 4.78 is 0. The molecule has 4 nitrogen and oxygen atoms in total. The van der Waals surface area contributed by atoms with Crippen LogP contribution in [0.4, 0.5) is 5.69 Å². The number of hydrogen-bond acceptors (Lipinski definition) is 4. The summed E-state index contributed by atoms with van der Waals surface area (Å²) in [6, 6.07) is 10.4. The van der Waals surface area contributed by atoms with E-state index in [4.69, 9.17) is 5.73 Å². The van der Waals surface area contributed by atoms with Crippen molar-refractivity contribution >= 4 is 11.6 Å². The van der Waals surface area contributed by atoms with E-state index in [0.717, 1.165) is 32.5 Å². The van der Waals surface area contributed by atoms with Gasteiger partial charge in [-0.1, -0.05) is 18.2 Å². The predicted molar refractivity (Wildman–Crippen MR) is 74.9 cm³/mol. The fraction of sp³-hybridized carbons (Fsp3) is 0.500. The van der Waals surface area contributed by atoms with Crippen LogP contribution in [0.15, 0.2) is 35.3 Å². The molecule has 4 heteroatoms. The Kier molecular flexibility index (Phi) is 2.74. The van der Waals surface area contributed by atoms with Crippen LogP contribution in [0, 0.1) is 0 Å². The van der Waals surface area contributed by atoms with Crippen LogP contribution in [0.3, 0.4) is 0 Å². The van der Waals surface area contributed by atoms with Gasteiger partial charge in [0.1, 0.15) is 0 Å². The van der Waals surface area contributed by atoms with Gasteiger partial charge >= 0.3 is 0 Å². The molecule has 0 unspecified atom stereocenters. The quantitative estimate of drug-likeness (QED) is 0.809. The zero-order valence-corrected chi connectivity index (χ0v) is 10.8. The molecule has 1 saturated heterocycles. The molecule has 0 aromatic heterocycles. The fourth-order valence-electron chi connectivity index (χ4n) is 3.01. The Morgan fingerprint density at radius 2 is 1.83 bits per heavy atom. The van der Waals surface area contributed by atoms with Gasteiger partial charge in [-0.05, 0) is 32.0 Å². The van der Waals surface area contributed by atoms with Crippen LogP contribution in [-0.2, 0) is 0 Å². The summed E-state index contributed by atoms with van der Waals surface area (Å²) in [5.74, 6) is 0.672. The van der Waals surface area contributed by atoms with Gasteiger partial charge in [-0.15, -0.1) is 0 Å². The molecule has 2 N–H and O–H groups in total. The summed E-state index contributed by atoms with van der Waals surface area (Å²) in [6.07, 6.45) is 2.26. The van der Waals surface area contributed by atoms with Crippen LogP contribution < -0.4 is 10.6 Å². The molecule has 0 amide bonds. The standard InChI is InChI=1S/C14H20N4/c1-17-9-7-14(8-10-17)11-16-13(15)18(14)12-5-3-2-4-6-12/h2-6H,7-11H2,1H3,(H2,15,16). The van der Waals surface area contributed by atoms with Crippen LogP contribution in [0.25, 0.3) is 0 Å². The minimum absolute atomic E-state index is 0.109. The number of hydrogen-bond donors (Lipinski definition) is 1. The first-order chi connectivity index (χ1) is 8.71. The van der Waals surface area contributed by atoms with Crippen molar-refractivity contribution in [2.24, 2.45) is 10.7 Å². The Bertz CT molecular complexity index is 446. The number of anilines is 1. The summed E-state index contributed by atoms with van der Waals surface area (Å²) in [6.45, 7) is 3.07. The van der Waals surface area contributed by atoms with Crippen molar-refractivity contribution in [3.8, 4) is 0 Å². The van der Waals surface area contributed by atoms with Gasteiger partial charge in [0.2, 0.25) is 0 Å². The van der Waals surface area contributed by atoms with E-state index in [-0.39, 0.29) is 5.54 Å². The second-order valence-corrected chi connectivity index (χ2v) is 5.37. The number of para-hydroxylation sites is 1. The van der Waals surface area contributed by atoms with E-state index in [1.165, 1.54) is 5.69 Å². The van der Waals surface area contributed by atoms with E-state index in [1.54, 1.807) is 0 Å². The lowest BCUT2D eigenvalue weighted by molar-refractivity contribution is 0.202. The number of piperidine rings is 1. The lowest BCUT2D eigenvalue weighted by atomic mass is 9.86. The first-order valence-corrected chi connectivity index (χ1v) is 6.55. The maximum Gasteiger partial charge on any atom is 0.196 e. The first kappa shape index (κ1) is 11.5. The fourth-order valence-corrected chi connectivity index (χ4v) is 3.01. The summed E-state index contributed by atoms with van der Waals surface area (Å²) in [4.78, 5) is 9.13. The second kappa shape index (κ2) is 4.28. The van der Waals surface area contributed by atoms with Crippen molar-refractivity contribution in [3.05, 3.63) is 30.3 Å². The van der Waals surface area contributed by atoms with E-state index >= 15 is 0 Å². The van der Waals surface area contributed by atoms with Gasteiger partial charge in [-0.3, -0.25) is 4.99 Å². The Hall–Kier alpha value is -1.55. The molecule has 3 rings (SSSR count). The van der Waals surface area contributed by atoms with Gasteiger partial charge < -0.3 is 15.5 Å². The molecule has 2 heterocycles. The predicted octanol–water partition coefficient (Wildman–Crippen LogP) is 1.29. The van der Waals surface area contributed by atoms with E-state index in [0.29, 0.717) is 5.96 Å². The summed E-state index contributed by atoms with van der Waals surface area (Å²) in [5, 5.41) is 0. The Morgan fingerprint density at radius 3 is 2.50 bits per heavy atom. The van der Waals surface area contributed by atoms with Crippen LogP contribution in [0.5, 0.6) is 0 Å². The smallest absolute Gasteiger partial charge is 0.196 e. The molecule has 0 radical (unpaired) electrons. The zero-order valence-electron chi connectivity index (χ0n) is 10.8. The number of likely N-dealkylation sites (tertiary alicyclic amines) is 1. The molecule has 0 atom stereocenters. The van der Waals surface area contributed by atoms with Crippen molar-refractivity contribution in [1.82, 2.24) is 4.90 Å². The van der Waals surface area contributed by atoms with Crippen LogP contribution in [-0.4, -0.2) is 43.1 Å². The number of nitrogens with zero attached hydrogens (tertiary/aromatic N) is 3. The van der Waals surface area contributed by atoms with Crippen molar-refractivity contribution in [3.63, 3.8) is 0 Å². The minimum Gasteiger partial charge on any atom is -0.369 e. The second-order valence-electron chi connectivity index (χ2n) is 5.37. The molecule has 0 bridgehead atoms. The van der Waals surface area contributed by atoms with E-state index in [9.17, 15) is 0 Å². The number of guanidine groups is 1. The third-order valence-electron chi connectivity index (χ3n) is 4.17. The number of rotatable bonds is 1. The minimum atomic E-state index is 0.109. The normalized spacial score (nSPS) is 23.4. The lowest BCUT2D eigenvalue weighted by Gasteiger charge is -2.44. The zero-order chi connectivity index (χ0) is 12.6. The highest BCUT2D eigenvalue weighted by Crippen LogP contribution is 2.36. The highest BCUT2D eigenvalue weighted by molar-refractivity contribution is 5.98. The average Bonchev–Trinajstić information content (AvgIpc) is 2.72. The molecule has 2 aliphatic rings. The highest BCUT2D eigenvalue weighted by atomic mass is 15.4. The molecule has 1 aromatic rings. The molecule has 1 spiro atoms. The molecule has 96 valence electrons. The van der Waals surface area contributed by atoms with Crippen molar-refractivity contribution in [1.29, 1.82) is 0 Å². The SMILES string of the molecule is CN1CCC2(CC1)CN=C(N)N2c1ccccc1. The molecule has 1 aromatic carbocycles. The summed E-state index contributed by atoms with van der Waals surface area (Å²) in [7, 11) is 2.18. The monoisotopic (exact) mass is 244 g/mol. The van der Waals surface area contributed by atoms with Gasteiger partial charge in [-0.25, -0.2) is 0 Å². The molecule has 0 saturated carbocycles. The number of aliphatic imine (C=N–C) groups is 1. The van der Waals surface area contributed by atoms with Crippen molar-refractivity contribution < 1.29 is 0 Å². The van der Waals surface area contributed by atoms with Gasteiger partial charge in [0, 0.05) is 18.8 Å². The Labute approximate surface area is 108 Å². The first-order valence-electron chi connectivity index (χ1n) is 6.55. The molecule has 2 aliphatic heterocycles. The molecular formula is C14H20N4. The van der Waals surface area contributed by atoms with Gasteiger partial charge in [0.05, 0.1) is 12.1 Å².